The Hall–Kier alpha value is -0.830. The van der Waals surface area contributed by atoms with Crippen LogP contribution < -0.4 is 0 Å². The van der Waals surface area contributed by atoms with E-state index in [1.165, 1.54) is 0 Å². The molecule has 0 aromatic rings. The second kappa shape index (κ2) is 8.17. The molecule has 0 rings (SSSR count). The van der Waals surface area contributed by atoms with Crippen molar-refractivity contribution in [1.82, 2.24) is 0 Å². The van der Waals surface area contributed by atoms with Crippen LogP contribution >= 0.6 is 9.24 Å². The summed E-state index contributed by atoms with van der Waals surface area (Å²) in [5.74, 6) is -0.731. The van der Waals surface area contributed by atoms with Crippen LogP contribution in [0.2, 0.25) is 0 Å². The minimum absolute atomic E-state index is 0.255. The maximum Gasteiger partial charge on any atom is 0.503 e. The van der Waals surface area contributed by atoms with Crippen LogP contribution in [0.25, 0.3) is 0 Å². The molecule has 1 atom stereocenters. The summed E-state index contributed by atoms with van der Waals surface area (Å²) in [4.78, 5) is 18.1. The summed E-state index contributed by atoms with van der Waals surface area (Å²) in [7, 11) is 2.34. The number of carboxylic acids is 1. The van der Waals surface area contributed by atoms with Gasteiger partial charge in [0.25, 0.3) is 0 Å². The van der Waals surface area contributed by atoms with Crippen molar-refractivity contribution in [3.05, 3.63) is 0 Å². The number of hydrogen-bond acceptors (Lipinski definition) is 2. The van der Waals surface area contributed by atoms with Gasteiger partial charge in [0.1, 0.15) is 0 Å². The Morgan fingerprint density at radius 3 is 1.50 bits per heavy atom. The van der Waals surface area contributed by atoms with E-state index in [9.17, 15) is 4.79 Å². The van der Waals surface area contributed by atoms with E-state index in [2.05, 4.69) is 9.24 Å². The highest BCUT2D eigenvalue weighted by Crippen LogP contribution is 1.84. The molecule has 3 N–H and O–H groups in total. The van der Waals surface area contributed by atoms with Crippen molar-refractivity contribution in [3.8, 4) is 0 Å². The molecule has 0 spiro atoms. The fraction of sp³-hybridized carbons (Fsp3) is 0.500. The van der Waals surface area contributed by atoms with Crippen LogP contribution in [0.1, 0.15) is 6.42 Å². The van der Waals surface area contributed by atoms with Crippen molar-refractivity contribution >= 4 is 21.4 Å². The average Bonchev–Trinajstić information content (AvgIpc) is 1.62. The largest absolute Gasteiger partial charge is 0.503 e. The molecule has 0 aliphatic carbocycles. The van der Waals surface area contributed by atoms with Crippen molar-refractivity contribution in [2.24, 2.45) is 0 Å². The smallest absolute Gasteiger partial charge is 0.481 e. The summed E-state index contributed by atoms with van der Waals surface area (Å²) in [5, 5.41) is 21.8. The van der Waals surface area contributed by atoms with E-state index in [0.717, 1.165) is 0 Å². The molecule has 0 aromatic carbocycles. The third kappa shape index (κ3) is 58.0. The summed E-state index contributed by atoms with van der Waals surface area (Å²) in [6.45, 7) is 0. The Labute approximate surface area is 59.9 Å². The van der Waals surface area contributed by atoms with Crippen molar-refractivity contribution in [1.29, 1.82) is 0 Å². The van der Waals surface area contributed by atoms with Gasteiger partial charge in [-0.25, -0.2) is 4.79 Å². The second-order valence-electron chi connectivity index (χ2n) is 1.21. The lowest BCUT2D eigenvalue weighted by Crippen LogP contribution is -1.92. The summed E-state index contributed by atoms with van der Waals surface area (Å²) in [6.07, 6.45) is -0.931. The molecule has 10 heavy (non-hydrogen) atoms. The molecule has 60 valence electrons. The van der Waals surface area contributed by atoms with E-state index in [4.69, 9.17) is 20.1 Å². The molecule has 0 amide bonds. The van der Waals surface area contributed by atoms with E-state index in [1.807, 2.05) is 0 Å². The van der Waals surface area contributed by atoms with E-state index < -0.39 is 12.1 Å². The molecule has 0 radical (unpaired) electrons. The van der Waals surface area contributed by atoms with Crippen LogP contribution in [0, 0.1) is 0 Å². The third-order valence-electron chi connectivity index (χ3n) is 0.358. The first-order chi connectivity index (χ1) is 4.50. The molecule has 0 fully saturated rings. The molecule has 5 nitrogen and oxygen atoms in total. The van der Waals surface area contributed by atoms with E-state index in [-0.39, 0.29) is 6.42 Å². The summed E-state index contributed by atoms with van der Waals surface area (Å²) in [6, 6.07) is 0. The van der Waals surface area contributed by atoms with Crippen molar-refractivity contribution < 1.29 is 24.9 Å². The predicted molar refractivity (Wildman–Crippen MR) is 37.5 cm³/mol. The number of hydrogen-bond donors (Lipinski definition) is 3. The highest BCUT2D eigenvalue weighted by Gasteiger charge is 1.87. The SMILES string of the molecule is O=C(O)CCP.O=C(O)O. The lowest BCUT2D eigenvalue weighted by molar-refractivity contribution is -0.136. The Balaban J connectivity index is 0. The highest BCUT2D eigenvalue weighted by molar-refractivity contribution is 7.16. The van der Waals surface area contributed by atoms with Gasteiger partial charge in [-0.05, 0) is 6.16 Å². The van der Waals surface area contributed by atoms with Gasteiger partial charge < -0.3 is 15.3 Å². The first-order valence-electron chi connectivity index (χ1n) is 2.34. The van der Waals surface area contributed by atoms with Gasteiger partial charge in [-0.15, -0.1) is 9.24 Å². The maximum atomic E-state index is 9.59. The standard InChI is InChI=1S/C3H7O2P.CH2O3/c4-3(5)1-2-6;2-1(3)4/h1-2,6H2,(H,4,5);(H2,2,3,4). The normalized spacial score (nSPS) is 7.30. The molecule has 0 saturated carbocycles. The number of aliphatic carboxylic acids is 1. The molecule has 0 aliphatic rings. The van der Waals surface area contributed by atoms with E-state index in [0.29, 0.717) is 6.16 Å². The fourth-order valence-corrected chi connectivity index (χ4v) is 0.370. The number of rotatable bonds is 2. The Bertz CT molecular complexity index is 108. The van der Waals surface area contributed by atoms with Crippen molar-refractivity contribution in [2.75, 3.05) is 6.16 Å². The van der Waals surface area contributed by atoms with Gasteiger partial charge in [0.2, 0.25) is 0 Å². The van der Waals surface area contributed by atoms with Crippen LogP contribution in [0.4, 0.5) is 4.79 Å². The molecular formula is C4H9O5P. The first-order valence-corrected chi connectivity index (χ1v) is 3.16. The Kier molecular flexibility index (Phi) is 9.73. The monoisotopic (exact) mass is 168 g/mol. The molecule has 0 bridgehead atoms. The van der Waals surface area contributed by atoms with Gasteiger partial charge in [-0.2, -0.15) is 0 Å². The van der Waals surface area contributed by atoms with Crippen molar-refractivity contribution in [2.45, 2.75) is 6.42 Å². The molecule has 6 heteroatoms. The fourth-order valence-electron chi connectivity index (χ4n) is 0.123. The summed E-state index contributed by atoms with van der Waals surface area (Å²) < 4.78 is 0. The minimum atomic E-state index is -1.83. The molecule has 0 aromatic heterocycles. The molecule has 1 unspecified atom stereocenters. The summed E-state index contributed by atoms with van der Waals surface area (Å²) in [5.41, 5.74) is 0. The third-order valence-corrected chi connectivity index (χ3v) is 0.647. The second-order valence-corrected chi connectivity index (χ2v) is 1.79. The van der Waals surface area contributed by atoms with Crippen LogP contribution in [-0.2, 0) is 4.79 Å². The predicted octanol–water partition coefficient (Wildman–Crippen LogP) is 0.559. The van der Waals surface area contributed by atoms with Crippen LogP contribution in [0.15, 0.2) is 0 Å². The Morgan fingerprint density at radius 2 is 1.50 bits per heavy atom. The first kappa shape index (κ1) is 11.9. The minimum Gasteiger partial charge on any atom is -0.481 e. The van der Waals surface area contributed by atoms with Gasteiger partial charge in [0, 0.05) is 6.42 Å². The van der Waals surface area contributed by atoms with Crippen LogP contribution in [-0.4, -0.2) is 33.6 Å². The number of carbonyl (C=O) groups is 2. The van der Waals surface area contributed by atoms with E-state index in [1.54, 1.807) is 0 Å². The Morgan fingerprint density at radius 1 is 1.20 bits per heavy atom. The number of carboxylic acid groups (broad SMARTS) is 3. The molecular weight excluding hydrogens is 159 g/mol. The van der Waals surface area contributed by atoms with Crippen LogP contribution in [0.3, 0.4) is 0 Å². The lowest BCUT2D eigenvalue weighted by atomic mass is 10.5. The molecule has 0 heterocycles. The van der Waals surface area contributed by atoms with Gasteiger partial charge in [-0.3, -0.25) is 4.79 Å². The summed E-state index contributed by atoms with van der Waals surface area (Å²) >= 11 is 0. The zero-order valence-electron chi connectivity index (χ0n) is 5.15. The van der Waals surface area contributed by atoms with Gasteiger partial charge in [-0.1, -0.05) is 0 Å². The zero-order chi connectivity index (χ0) is 8.57. The topological polar surface area (TPSA) is 94.8 Å². The quantitative estimate of drug-likeness (QED) is 0.523. The molecule has 0 aliphatic heterocycles. The van der Waals surface area contributed by atoms with Gasteiger partial charge in [0.05, 0.1) is 0 Å². The zero-order valence-corrected chi connectivity index (χ0v) is 6.30. The van der Waals surface area contributed by atoms with Crippen LogP contribution in [0.5, 0.6) is 0 Å². The molecule has 0 saturated heterocycles. The van der Waals surface area contributed by atoms with Crippen molar-refractivity contribution in [3.63, 3.8) is 0 Å². The van der Waals surface area contributed by atoms with Gasteiger partial charge in [0.15, 0.2) is 0 Å². The lowest BCUT2D eigenvalue weighted by Gasteiger charge is -1.79. The van der Waals surface area contributed by atoms with Gasteiger partial charge >= 0.3 is 12.1 Å². The maximum absolute atomic E-state index is 9.59. The highest BCUT2D eigenvalue weighted by atomic mass is 31.0. The van der Waals surface area contributed by atoms with E-state index >= 15 is 0 Å². The average molecular weight is 168 g/mol.